The van der Waals surface area contributed by atoms with Crippen molar-refractivity contribution in [3.05, 3.63) is 30.3 Å². The highest BCUT2D eigenvalue weighted by atomic mass is 16.5. The largest absolute Gasteiger partial charge is 0.497 e. The Hall–Kier alpha value is -2.63. The van der Waals surface area contributed by atoms with Gasteiger partial charge in [-0.1, -0.05) is 0 Å². The van der Waals surface area contributed by atoms with Gasteiger partial charge in [-0.25, -0.2) is 0 Å². The number of hydrogen-bond donors (Lipinski definition) is 2. The first-order chi connectivity index (χ1) is 9.66. The molecule has 6 nitrogen and oxygen atoms in total. The Labute approximate surface area is 117 Å². The second-order valence-electron chi connectivity index (χ2n) is 4.02. The third-order valence-corrected chi connectivity index (χ3v) is 2.71. The van der Waals surface area contributed by atoms with Crippen LogP contribution in [0.15, 0.2) is 30.3 Å². The molecule has 2 rings (SSSR count). The number of hydrogen-bond acceptors (Lipinski definition) is 6. The maximum absolute atomic E-state index is 5.73. The normalized spacial score (nSPS) is 9.95. The lowest BCUT2D eigenvalue weighted by Gasteiger charge is -2.11. The number of anilines is 3. The van der Waals surface area contributed by atoms with Gasteiger partial charge < -0.3 is 25.3 Å². The standard InChI is InChI=1S/C14H17N3O3/c1-18-10-6-9(7-11(8-10)19-2)16-13-5-4-12(15)14(17-13)20-3/h4-8H,15H2,1-3H3,(H,16,17). The summed E-state index contributed by atoms with van der Waals surface area (Å²) in [5.74, 6) is 2.37. The minimum atomic E-state index is 0.380. The third kappa shape index (κ3) is 3.03. The number of nitrogens with two attached hydrogens (primary N) is 1. The van der Waals surface area contributed by atoms with E-state index in [1.807, 2.05) is 12.1 Å². The van der Waals surface area contributed by atoms with Crippen molar-refractivity contribution in [2.24, 2.45) is 0 Å². The van der Waals surface area contributed by atoms with Gasteiger partial charge >= 0.3 is 0 Å². The number of benzene rings is 1. The summed E-state index contributed by atoms with van der Waals surface area (Å²) in [5.41, 5.74) is 7.01. The number of nitrogens with one attached hydrogen (secondary N) is 1. The minimum Gasteiger partial charge on any atom is -0.497 e. The van der Waals surface area contributed by atoms with Gasteiger partial charge in [-0.3, -0.25) is 0 Å². The fraction of sp³-hybridized carbons (Fsp3) is 0.214. The molecular weight excluding hydrogens is 258 g/mol. The van der Waals surface area contributed by atoms with Gasteiger partial charge in [0.1, 0.15) is 17.3 Å². The number of aromatic nitrogens is 1. The van der Waals surface area contributed by atoms with Crippen LogP contribution in [-0.2, 0) is 0 Å². The molecule has 2 aromatic rings. The Kier molecular flexibility index (Phi) is 4.14. The summed E-state index contributed by atoms with van der Waals surface area (Å²) < 4.78 is 15.5. The highest BCUT2D eigenvalue weighted by Gasteiger charge is 2.06. The minimum absolute atomic E-state index is 0.380. The van der Waals surface area contributed by atoms with Crippen molar-refractivity contribution in [3.8, 4) is 17.4 Å². The monoisotopic (exact) mass is 275 g/mol. The molecule has 0 aliphatic rings. The van der Waals surface area contributed by atoms with E-state index in [0.29, 0.717) is 28.9 Å². The summed E-state index contributed by atoms with van der Waals surface area (Å²) in [4.78, 5) is 4.26. The van der Waals surface area contributed by atoms with Crippen LogP contribution in [0.2, 0.25) is 0 Å². The smallest absolute Gasteiger partial charge is 0.238 e. The molecule has 0 atom stereocenters. The summed E-state index contributed by atoms with van der Waals surface area (Å²) in [6, 6.07) is 8.97. The zero-order valence-corrected chi connectivity index (χ0v) is 11.6. The Balaban J connectivity index is 2.29. The molecule has 0 radical (unpaired) electrons. The molecule has 0 saturated carbocycles. The maximum Gasteiger partial charge on any atom is 0.238 e. The van der Waals surface area contributed by atoms with Crippen LogP contribution in [0.4, 0.5) is 17.2 Å². The van der Waals surface area contributed by atoms with Gasteiger partial charge in [0.25, 0.3) is 0 Å². The van der Waals surface area contributed by atoms with Crippen LogP contribution in [0.5, 0.6) is 17.4 Å². The van der Waals surface area contributed by atoms with E-state index in [1.165, 1.54) is 7.11 Å². The lowest BCUT2D eigenvalue weighted by molar-refractivity contribution is 0.395. The molecule has 0 amide bonds. The van der Waals surface area contributed by atoms with Crippen molar-refractivity contribution < 1.29 is 14.2 Å². The molecule has 1 aromatic carbocycles. The number of pyridine rings is 1. The zero-order valence-electron chi connectivity index (χ0n) is 11.6. The van der Waals surface area contributed by atoms with Gasteiger partial charge in [-0.2, -0.15) is 4.98 Å². The summed E-state index contributed by atoms with van der Waals surface area (Å²) in [6.07, 6.45) is 0. The Morgan fingerprint density at radius 3 is 2.15 bits per heavy atom. The summed E-state index contributed by atoms with van der Waals surface area (Å²) >= 11 is 0. The van der Waals surface area contributed by atoms with Crippen molar-refractivity contribution >= 4 is 17.2 Å². The van der Waals surface area contributed by atoms with E-state index >= 15 is 0 Å². The van der Waals surface area contributed by atoms with E-state index in [1.54, 1.807) is 32.4 Å². The molecule has 0 unspecified atom stereocenters. The third-order valence-electron chi connectivity index (χ3n) is 2.71. The summed E-state index contributed by atoms with van der Waals surface area (Å²) in [7, 11) is 4.73. The van der Waals surface area contributed by atoms with Gasteiger partial charge in [-0.15, -0.1) is 0 Å². The van der Waals surface area contributed by atoms with Crippen LogP contribution in [0.25, 0.3) is 0 Å². The lowest BCUT2D eigenvalue weighted by atomic mass is 10.2. The maximum atomic E-state index is 5.73. The molecule has 0 aliphatic heterocycles. The number of rotatable bonds is 5. The Bertz CT molecular complexity index is 580. The van der Waals surface area contributed by atoms with Crippen LogP contribution < -0.4 is 25.3 Å². The van der Waals surface area contributed by atoms with Crippen LogP contribution in [0, 0.1) is 0 Å². The second-order valence-corrected chi connectivity index (χ2v) is 4.02. The highest BCUT2D eigenvalue weighted by Crippen LogP contribution is 2.28. The van der Waals surface area contributed by atoms with Gasteiger partial charge in [-0.05, 0) is 12.1 Å². The highest BCUT2D eigenvalue weighted by molar-refractivity contribution is 5.63. The van der Waals surface area contributed by atoms with E-state index in [9.17, 15) is 0 Å². The van der Waals surface area contributed by atoms with Gasteiger partial charge in [0.2, 0.25) is 5.88 Å². The Morgan fingerprint density at radius 2 is 1.60 bits per heavy atom. The first kappa shape index (κ1) is 13.8. The summed E-state index contributed by atoms with van der Waals surface area (Å²) in [6.45, 7) is 0. The van der Waals surface area contributed by atoms with E-state index < -0.39 is 0 Å². The first-order valence-electron chi connectivity index (χ1n) is 5.97. The number of methoxy groups -OCH3 is 3. The predicted molar refractivity (Wildman–Crippen MR) is 78.0 cm³/mol. The van der Waals surface area contributed by atoms with Crippen molar-refractivity contribution in [3.63, 3.8) is 0 Å². The molecule has 20 heavy (non-hydrogen) atoms. The second kappa shape index (κ2) is 6.01. The molecule has 1 heterocycles. The lowest BCUT2D eigenvalue weighted by Crippen LogP contribution is -2.00. The average Bonchev–Trinajstić information content (AvgIpc) is 2.48. The van der Waals surface area contributed by atoms with Gasteiger partial charge in [0.05, 0.1) is 27.0 Å². The predicted octanol–water partition coefficient (Wildman–Crippen LogP) is 2.43. The van der Waals surface area contributed by atoms with Crippen LogP contribution in [0.3, 0.4) is 0 Å². The number of ether oxygens (including phenoxy) is 3. The molecule has 0 aliphatic carbocycles. The molecule has 1 aromatic heterocycles. The van der Waals surface area contributed by atoms with Crippen molar-refractivity contribution in [2.75, 3.05) is 32.4 Å². The molecular formula is C14H17N3O3. The number of nitrogens with zero attached hydrogens (tertiary/aromatic N) is 1. The molecule has 0 bridgehead atoms. The molecule has 106 valence electrons. The van der Waals surface area contributed by atoms with Crippen LogP contribution in [0.1, 0.15) is 0 Å². The molecule has 0 saturated heterocycles. The Morgan fingerprint density at radius 1 is 0.950 bits per heavy atom. The quantitative estimate of drug-likeness (QED) is 0.872. The van der Waals surface area contributed by atoms with E-state index in [-0.39, 0.29) is 0 Å². The molecule has 6 heteroatoms. The first-order valence-corrected chi connectivity index (χ1v) is 5.97. The van der Waals surface area contributed by atoms with Crippen LogP contribution in [-0.4, -0.2) is 26.3 Å². The summed E-state index contributed by atoms with van der Waals surface area (Å²) in [5, 5.41) is 3.15. The molecule has 3 N–H and O–H groups in total. The average molecular weight is 275 g/mol. The van der Waals surface area contributed by atoms with E-state index in [2.05, 4.69) is 10.3 Å². The van der Waals surface area contributed by atoms with Crippen LogP contribution >= 0.6 is 0 Å². The number of nitrogen functional groups attached to an aromatic ring is 1. The van der Waals surface area contributed by atoms with Gasteiger partial charge in [0, 0.05) is 23.9 Å². The topological polar surface area (TPSA) is 78.6 Å². The zero-order chi connectivity index (χ0) is 14.5. The SMILES string of the molecule is COc1cc(Nc2ccc(N)c(OC)n2)cc(OC)c1. The fourth-order valence-corrected chi connectivity index (χ4v) is 1.71. The van der Waals surface area contributed by atoms with Gasteiger partial charge in [0.15, 0.2) is 0 Å². The van der Waals surface area contributed by atoms with Crippen molar-refractivity contribution in [1.82, 2.24) is 4.98 Å². The van der Waals surface area contributed by atoms with E-state index in [0.717, 1.165) is 5.69 Å². The molecule has 0 spiro atoms. The molecule has 0 fully saturated rings. The van der Waals surface area contributed by atoms with E-state index in [4.69, 9.17) is 19.9 Å². The van der Waals surface area contributed by atoms with Crippen molar-refractivity contribution in [2.45, 2.75) is 0 Å². The fourth-order valence-electron chi connectivity index (χ4n) is 1.71. The van der Waals surface area contributed by atoms with Crippen molar-refractivity contribution in [1.29, 1.82) is 0 Å².